The van der Waals surface area contributed by atoms with Crippen molar-refractivity contribution >= 4 is 5.91 Å². The molecule has 1 atom stereocenters. The minimum absolute atomic E-state index is 0.332. The summed E-state index contributed by atoms with van der Waals surface area (Å²) in [7, 11) is 0. The lowest BCUT2D eigenvalue weighted by Crippen LogP contribution is -2.42. The van der Waals surface area contributed by atoms with E-state index in [1.54, 1.807) is 0 Å². The van der Waals surface area contributed by atoms with Crippen molar-refractivity contribution in [1.82, 2.24) is 15.1 Å². The maximum atomic E-state index is 12.3. The van der Waals surface area contributed by atoms with Gasteiger partial charge >= 0.3 is 0 Å². The summed E-state index contributed by atoms with van der Waals surface area (Å²) in [5, 5.41) is 3.35. The van der Waals surface area contributed by atoms with E-state index in [-0.39, 0.29) is 0 Å². The third kappa shape index (κ3) is 4.77. The van der Waals surface area contributed by atoms with E-state index in [2.05, 4.69) is 17.1 Å². The Morgan fingerprint density at radius 2 is 2.00 bits per heavy atom. The van der Waals surface area contributed by atoms with Gasteiger partial charge in [0, 0.05) is 19.6 Å². The van der Waals surface area contributed by atoms with Crippen molar-refractivity contribution in [3.05, 3.63) is 0 Å². The van der Waals surface area contributed by atoms with Gasteiger partial charge in [0.05, 0.1) is 6.54 Å². The first-order valence-electron chi connectivity index (χ1n) is 8.00. The summed E-state index contributed by atoms with van der Waals surface area (Å²) in [6.45, 7) is 8.94. The molecule has 0 aromatic rings. The first-order chi connectivity index (χ1) is 9.29. The van der Waals surface area contributed by atoms with Crippen LogP contribution in [0.3, 0.4) is 0 Å². The van der Waals surface area contributed by atoms with Crippen LogP contribution < -0.4 is 5.32 Å². The topological polar surface area (TPSA) is 35.6 Å². The summed E-state index contributed by atoms with van der Waals surface area (Å²) in [5.74, 6) is 1.21. The molecule has 2 rings (SSSR count). The molecule has 2 aliphatic heterocycles. The zero-order valence-electron chi connectivity index (χ0n) is 12.4. The van der Waals surface area contributed by atoms with Crippen molar-refractivity contribution in [1.29, 1.82) is 0 Å². The normalized spacial score (nSPS) is 26.8. The molecule has 110 valence electrons. The Balaban J connectivity index is 1.77. The molecule has 2 aliphatic rings. The molecule has 1 unspecified atom stereocenters. The molecular formula is C15H29N3O. The lowest BCUT2D eigenvalue weighted by atomic mass is 9.98. The highest BCUT2D eigenvalue weighted by atomic mass is 16.2. The molecule has 0 spiro atoms. The van der Waals surface area contributed by atoms with Crippen molar-refractivity contribution in [3.8, 4) is 0 Å². The van der Waals surface area contributed by atoms with Crippen LogP contribution in [0.25, 0.3) is 0 Å². The molecule has 0 aliphatic carbocycles. The summed E-state index contributed by atoms with van der Waals surface area (Å²) in [6.07, 6.45) is 6.25. The number of rotatable bonds is 3. The van der Waals surface area contributed by atoms with Crippen LogP contribution in [0.1, 0.15) is 39.0 Å². The van der Waals surface area contributed by atoms with Crippen molar-refractivity contribution in [3.63, 3.8) is 0 Å². The standard InChI is InChI=1S/C15H29N3O/c1-2-14-5-3-9-17(11-6-14)13-15(19)18-10-4-7-16-8-12-18/h14,16H,2-13H2,1H3. The fraction of sp³-hybridized carbons (Fsp3) is 0.933. The van der Waals surface area contributed by atoms with E-state index in [0.717, 1.165) is 51.6 Å². The molecule has 1 amide bonds. The van der Waals surface area contributed by atoms with Gasteiger partial charge in [0.2, 0.25) is 5.91 Å². The Kier molecular flexibility index (Phi) is 6.11. The summed E-state index contributed by atoms with van der Waals surface area (Å²) in [6, 6.07) is 0. The van der Waals surface area contributed by atoms with E-state index in [9.17, 15) is 4.79 Å². The van der Waals surface area contributed by atoms with E-state index in [4.69, 9.17) is 0 Å². The number of nitrogens with one attached hydrogen (secondary N) is 1. The highest BCUT2D eigenvalue weighted by Gasteiger charge is 2.21. The lowest BCUT2D eigenvalue weighted by Gasteiger charge is -2.25. The van der Waals surface area contributed by atoms with Crippen molar-refractivity contribution in [2.45, 2.75) is 39.0 Å². The maximum Gasteiger partial charge on any atom is 0.236 e. The van der Waals surface area contributed by atoms with Gasteiger partial charge in [0.1, 0.15) is 0 Å². The minimum Gasteiger partial charge on any atom is -0.340 e. The highest BCUT2D eigenvalue weighted by molar-refractivity contribution is 5.78. The minimum atomic E-state index is 0.332. The van der Waals surface area contributed by atoms with Crippen LogP contribution in [0.2, 0.25) is 0 Å². The Morgan fingerprint density at radius 1 is 1.11 bits per heavy atom. The van der Waals surface area contributed by atoms with Crippen LogP contribution in [0, 0.1) is 5.92 Å². The summed E-state index contributed by atoms with van der Waals surface area (Å²) in [4.78, 5) is 16.8. The van der Waals surface area contributed by atoms with Gasteiger partial charge in [-0.2, -0.15) is 0 Å². The van der Waals surface area contributed by atoms with E-state index in [1.165, 1.54) is 25.7 Å². The van der Waals surface area contributed by atoms with Crippen molar-refractivity contribution in [2.75, 3.05) is 45.8 Å². The predicted molar refractivity (Wildman–Crippen MR) is 78.1 cm³/mol. The third-order valence-corrected chi connectivity index (χ3v) is 4.57. The lowest BCUT2D eigenvalue weighted by molar-refractivity contribution is -0.132. The molecule has 2 saturated heterocycles. The number of carbonyl (C=O) groups is 1. The Hall–Kier alpha value is -0.610. The number of carbonyl (C=O) groups excluding carboxylic acids is 1. The SMILES string of the molecule is CCC1CCCN(CC(=O)N2CCCNCC2)CC1. The first kappa shape index (κ1) is 14.8. The van der Waals surface area contributed by atoms with Gasteiger partial charge in [-0.15, -0.1) is 0 Å². The number of likely N-dealkylation sites (tertiary alicyclic amines) is 1. The van der Waals surface area contributed by atoms with Crippen molar-refractivity contribution in [2.24, 2.45) is 5.92 Å². The largest absolute Gasteiger partial charge is 0.340 e. The molecule has 4 nitrogen and oxygen atoms in total. The van der Waals surface area contributed by atoms with E-state index in [0.29, 0.717) is 12.5 Å². The first-order valence-corrected chi connectivity index (χ1v) is 8.00. The molecule has 2 fully saturated rings. The second kappa shape index (κ2) is 7.85. The highest BCUT2D eigenvalue weighted by Crippen LogP contribution is 2.20. The Labute approximate surface area is 117 Å². The van der Waals surface area contributed by atoms with E-state index < -0.39 is 0 Å². The van der Waals surface area contributed by atoms with Gasteiger partial charge in [0.25, 0.3) is 0 Å². The number of hydrogen-bond donors (Lipinski definition) is 1. The van der Waals surface area contributed by atoms with Gasteiger partial charge in [-0.25, -0.2) is 0 Å². The third-order valence-electron chi connectivity index (χ3n) is 4.57. The summed E-state index contributed by atoms with van der Waals surface area (Å²) in [5.41, 5.74) is 0. The monoisotopic (exact) mass is 267 g/mol. The van der Waals surface area contributed by atoms with Gasteiger partial charge in [-0.1, -0.05) is 13.3 Å². The molecule has 0 aromatic carbocycles. The van der Waals surface area contributed by atoms with Gasteiger partial charge in [-0.3, -0.25) is 9.69 Å². The smallest absolute Gasteiger partial charge is 0.236 e. The van der Waals surface area contributed by atoms with Crippen LogP contribution >= 0.6 is 0 Å². The molecule has 0 bridgehead atoms. The molecule has 19 heavy (non-hydrogen) atoms. The van der Waals surface area contributed by atoms with Crippen LogP contribution in [0.5, 0.6) is 0 Å². The average Bonchev–Trinajstić information content (AvgIpc) is 2.80. The van der Waals surface area contributed by atoms with Crippen LogP contribution in [0.15, 0.2) is 0 Å². The Morgan fingerprint density at radius 3 is 2.84 bits per heavy atom. The second-order valence-electron chi connectivity index (χ2n) is 5.97. The molecule has 0 radical (unpaired) electrons. The van der Waals surface area contributed by atoms with Crippen molar-refractivity contribution < 1.29 is 4.79 Å². The summed E-state index contributed by atoms with van der Waals surface area (Å²) < 4.78 is 0. The molecular weight excluding hydrogens is 238 g/mol. The Bertz CT molecular complexity index is 275. The number of nitrogens with zero attached hydrogens (tertiary/aromatic N) is 2. The van der Waals surface area contributed by atoms with Gasteiger partial charge in [-0.05, 0) is 51.2 Å². The van der Waals surface area contributed by atoms with Gasteiger partial charge in [0.15, 0.2) is 0 Å². The maximum absolute atomic E-state index is 12.3. The number of hydrogen-bond acceptors (Lipinski definition) is 3. The van der Waals surface area contributed by atoms with Crippen LogP contribution in [0.4, 0.5) is 0 Å². The quantitative estimate of drug-likeness (QED) is 0.838. The molecule has 0 aromatic heterocycles. The predicted octanol–water partition coefficient (Wildman–Crippen LogP) is 1.32. The van der Waals surface area contributed by atoms with Crippen LogP contribution in [-0.2, 0) is 4.79 Å². The zero-order valence-corrected chi connectivity index (χ0v) is 12.4. The number of amides is 1. The average molecular weight is 267 g/mol. The van der Waals surface area contributed by atoms with Crippen LogP contribution in [-0.4, -0.2) is 61.5 Å². The zero-order chi connectivity index (χ0) is 13.5. The van der Waals surface area contributed by atoms with E-state index in [1.807, 2.05) is 4.90 Å². The molecule has 1 N–H and O–H groups in total. The summed E-state index contributed by atoms with van der Waals surface area (Å²) >= 11 is 0. The second-order valence-corrected chi connectivity index (χ2v) is 5.97. The molecule has 2 heterocycles. The van der Waals surface area contributed by atoms with E-state index >= 15 is 0 Å². The fourth-order valence-corrected chi connectivity index (χ4v) is 3.18. The fourth-order valence-electron chi connectivity index (χ4n) is 3.18. The van der Waals surface area contributed by atoms with Gasteiger partial charge < -0.3 is 10.2 Å². The molecule has 0 saturated carbocycles. The molecule has 4 heteroatoms.